The Morgan fingerprint density at radius 1 is 1.32 bits per heavy atom. The Morgan fingerprint density at radius 3 is 2.94 bits per heavy atom. The molecule has 0 fully saturated rings. The highest BCUT2D eigenvalue weighted by Gasteiger charge is 2.39. The molecule has 2 N–H and O–H groups in total. The van der Waals surface area contributed by atoms with Crippen LogP contribution in [0.4, 0.5) is 11.5 Å². The smallest absolute Gasteiger partial charge is 0.228 e. The number of hydrogen-bond acceptors (Lipinski definition) is 7. The minimum atomic E-state index is -0.381. The molecular weight excluding hydrogens is 412 g/mol. The van der Waals surface area contributed by atoms with Gasteiger partial charge in [0, 0.05) is 30.4 Å². The van der Waals surface area contributed by atoms with Crippen molar-refractivity contribution in [3.05, 3.63) is 35.1 Å². The molecule has 1 amide bonds. The van der Waals surface area contributed by atoms with E-state index >= 15 is 0 Å². The fourth-order valence-electron chi connectivity index (χ4n) is 4.47. The first kappa shape index (κ1) is 19.7. The fraction of sp³-hybridized carbons (Fsp3) is 0.364. The van der Waals surface area contributed by atoms with Gasteiger partial charge in [-0.25, -0.2) is 9.97 Å². The minimum Gasteiger partial charge on any atom is -0.494 e. The monoisotopic (exact) mass is 436 g/mol. The molecule has 1 unspecified atom stereocenters. The Morgan fingerprint density at radius 2 is 2.16 bits per heavy atom. The Labute approximate surface area is 183 Å². The normalized spacial score (nSPS) is 18.2. The second-order valence-corrected chi connectivity index (χ2v) is 9.56. The van der Waals surface area contributed by atoms with Crippen molar-refractivity contribution in [3.8, 4) is 5.75 Å². The van der Waals surface area contributed by atoms with Gasteiger partial charge in [-0.1, -0.05) is 6.92 Å². The molecule has 0 radical (unpaired) electrons. The highest BCUT2D eigenvalue weighted by atomic mass is 32.1. The maximum absolute atomic E-state index is 12.8. The number of anilines is 2. The Balaban J connectivity index is 1.57. The number of nitrogens with one attached hydrogen (secondary N) is 2. The highest BCUT2D eigenvalue weighted by molar-refractivity contribution is 7.19. The van der Waals surface area contributed by atoms with Crippen molar-refractivity contribution in [2.75, 3.05) is 26.5 Å². The number of aromatic nitrogens is 4. The number of carbonyl (C=O) groups excluding carboxylic acids is 1. The van der Waals surface area contributed by atoms with E-state index in [0.29, 0.717) is 5.75 Å². The lowest BCUT2D eigenvalue weighted by Gasteiger charge is -2.34. The van der Waals surface area contributed by atoms with Gasteiger partial charge in [-0.3, -0.25) is 9.89 Å². The third-order valence-corrected chi connectivity index (χ3v) is 7.22. The van der Waals surface area contributed by atoms with E-state index in [1.807, 2.05) is 26.2 Å². The third-order valence-electron chi connectivity index (χ3n) is 6.08. The summed E-state index contributed by atoms with van der Waals surface area (Å²) in [6.07, 6.45) is 5.72. The van der Waals surface area contributed by atoms with Crippen molar-refractivity contribution >= 4 is 49.9 Å². The second-order valence-electron chi connectivity index (χ2n) is 8.48. The molecular formula is C22H24N6O2S. The van der Waals surface area contributed by atoms with E-state index in [4.69, 9.17) is 4.74 Å². The molecule has 31 heavy (non-hydrogen) atoms. The quantitative estimate of drug-likeness (QED) is 0.504. The highest BCUT2D eigenvalue weighted by Crippen LogP contribution is 2.45. The summed E-state index contributed by atoms with van der Waals surface area (Å²) in [6.45, 7) is 2.07. The number of methoxy groups -OCH3 is 1. The van der Waals surface area contributed by atoms with Crippen LogP contribution < -0.4 is 10.1 Å². The standard InChI is InChI=1S/C22H24N6O2S/c1-22(21(29)28(2)3)6-5-13-17(9-22)31-20-18(13)19(23-11-24-20)26-15-7-12-10-25-27-14(12)8-16(15)30-4/h7-8,10-11H,5-6,9H2,1-4H3,(H,25,27)(H,23,24,26). The molecule has 0 saturated heterocycles. The first-order valence-electron chi connectivity index (χ1n) is 10.1. The van der Waals surface area contributed by atoms with Gasteiger partial charge < -0.3 is 15.0 Å². The maximum Gasteiger partial charge on any atom is 0.228 e. The predicted octanol–water partition coefficient (Wildman–Crippen LogP) is 3.90. The molecule has 160 valence electrons. The lowest BCUT2D eigenvalue weighted by Crippen LogP contribution is -2.41. The minimum absolute atomic E-state index is 0.179. The van der Waals surface area contributed by atoms with Crippen molar-refractivity contribution in [1.82, 2.24) is 25.1 Å². The van der Waals surface area contributed by atoms with Crippen LogP contribution >= 0.6 is 11.3 Å². The zero-order valence-corrected chi connectivity index (χ0v) is 18.8. The molecule has 1 aliphatic carbocycles. The van der Waals surface area contributed by atoms with E-state index in [-0.39, 0.29) is 11.3 Å². The van der Waals surface area contributed by atoms with E-state index < -0.39 is 0 Å². The lowest BCUT2D eigenvalue weighted by atomic mass is 9.74. The number of H-pyrrole nitrogens is 1. The van der Waals surface area contributed by atoms with Gasteiger partial charge in [0.05, 0.1) is 35.3 Å². The van der Waals surface area contributed by atoms with E-state index in [1.54, 1.807) is 35.9 Å². The molecule has 9 heteroatoms. The average Bonchev–Trinajstić information content (AvgIpc) is 3.35. The number of amides is 1. The number of nitrogens with zero attached hydrogens (tertiary/aromatic N) is 4. The lowest BCUT2D eigenvalue weighted by molar-refractivity contribution is -0.139. The Bertz CT molecular complexity index is 1310. The van der Waals surface area contributed by atoms with Crippen LogP contribution in [0.2, 0.25) is 0 Å². The van der Waals surface area contributed by atoms with Gasteiger partial charge in [0.2, 0.25) is 5.91 Å². The van der Waals surface area contributed by atoms with Crippen LogP contribution in [0.25, 0.3) is 21.1 Å². The summed E-state index contributed by atoms with van der Waals surface area (Å²) in [5.74, 6) is 1.64. The number of carbonyl (C=O) groups is 1. The van der Waals surface area contributed by atoms with Crippen LogP contribution in [-0.4, -0.2) is 52.2 Å². The first-order chi connectivity index (χ1) is 14.9. The second kappa shape index (κ2) is 7.19. The predicted molar refractivity (Wildman–Crippen MR) is 122 cm³/mol. The van der Waals surface area contributed by atoms with Crippen molar-refractivity contribution in [3.63, 3.8) is 0 Å². The van der Waals surface area contributed by atoms with E-state index in [9.17, 15) is 4.79 Å². The zero-order valence-electron chi connectivity index (χ0n) is 17.9. The summed E-state index contributed by atoms with van der Waals surface area (Å²) in [5.41, 5.74) is 2.59. The number of aryl methyl sites for hydroxylation is 1. The van der Waals surface area contributed by atoms with Crippen LogP contribution in [0.15, 0.2) is 24.7 Å². The maximum atomic E-state index is 12.8. The van der Waals surface area contributed by atoms with Gasteiger partial charge in [0.1, 0.15) is 22.7 Å². The first-order valence-corrected chi connectivity index (χ1v) is 11.0. The molecule has 8 nitrogen and oxygen atoms in total. The number of benzene rings is 1. The van der Waals surface area contributed by atoms with Crippen molar-refractivity contribution < 1.29 is 9.53 Å². The molecule has 5 rings (SSSR count). The van der Waals surface area contributed by atoms with Gasteiger partial charge in [-0.05, 0) is 30.9 Å². The summed E-state index contributed by atoms with van der Waals surface area (Å²) in [6, 6.07) is 3.92. The SMILES string of the molecule is COc1cc2[nH]ncc2cc1Nc1ncnc2sc3c(c12)CCC(C)(C(=O)N(C)C)C3. The largest absolute Gasteiger partial charge is 0.494 e. The van der Waals surface area contributed by atoms with E-state index in [1.165, 1.54) is 10.4 Å². The van der Waals surface area contributed by atoms with Crippen molar-refractivity contribution in [2.45, 2.75) is 26.2 Å². The molecule has 0 spiro atoms. The van der Waals surface area contributed by atoms with Crippen molar-refractivity contribution in [2.24, 2.45) is 5.41 Å². The molecule has 1 aliphatic rings. The average molecular weight is 437 g/mol. The van der Waals surface area contributed by atoms with Crippen LogP contribution in [-0.2, 0) is 17.6 Å². The number of hydrogen-bond donors (Lipinski definition) is 2. The van der Waals surface area contributed by atoms with Gasteiger partial charge in [0.15, 0.2) is 0 Å². The van der Waals surface area contributed by atoms with Crippen molar-refractivity contribution in [1.29, 1.82) is 0 Å². The Kier molecular flexibility index (Phi) is 4.58. The number of aromatic amines is 1. The molecule has 0 saturated carbocycles. The van der Waals surface area contributed by atoms with Crippen LogP contribution in [0, 0.1) is 5.41 Å². The number of ether oxygens (including phenoxy) is 1. The molecule has 0 aliphatic heterocycles. The van der Waals surface area contributed by atoms with Gasteiger partial charge in [-0.2, -0.15) is 5.10 Å². The molecule has 0 bridgehead atoms. The molecule has 3 heterocycles. The van der Waals surface area contributed by atoms with E-state index in [0.717, 1.165) is 51.9 Å². The van der Waals surface area contributed by atoms with Gasteiger partial charge in [-0.15, -0.1) is 11.3 Å². The van der Waals surface area contributed by atoms with Gasteiger partial charge >= 0.3 is 0 Å². The van der Waals surface area contributed by atoms with Crippen LogP contribution in [0.1, 0.15) is 23.8 Å². The molecule has 1 atom stereocenters. The summed E-state index contributed by atoms with van der Waals surface area (Å²) in [5, 5.41) is 12.5. The number of fused-ring (bicyclic) bond motifs is 4. The summed E-state index contributed by atoms with van der Waals surface area (Å²) >= 11 is 1.66. The van der Waals surface area contributed by atoms with Crippen LogP contribution in [0.3, 0.4) is 0 Å². The summed E-state index contributed by atoms with van der Waals surface area (Å²) < 4.78 is 5.58. The van der Waals surface area contributed by atoms with Gasteiger partial charge in [0.25, 0.3) is 0 Å². The molecule has 1 aromatic carbocycles. The summed E-state index contributed by atoms with van der Waals surface area (Å²) in [7, 11) is 5.30. The fourth-order valence-corrected chi connectivity index (χ4v) is 5.84. The van der Waals surface area contributed by atoms with E-state index in [2.05, 4.69) is 32.4 Å². The topological polar surface area (TPSA) is 96.0 Å². The molecule has 4 aromatic rings. The molecule has 3 aromatic heterocycles. The number of thiophene rings is 1. The zero-order chi connectivity index (χ0) is 21.8. The summed E-state index contributed by atoms with van der Waals surface area (Å²) in [4.78, 5) is 25.7. The third kappa shape index (κ3) is 3.20. The van der Waals surface area contributed by atoms with Crippen LogP contribution in [0.5, 0.6) is 5.75 Å². The number of rotatable bonds is 4. The Hall–Kier alpha value is -3.20.